The van der Waals surface area contributed by atoms with Crippen LogP contribution in [0.3, 0.4) is 0 Å². The van der Waals surface area contributed by atoms with Crippen LogP contribution in [0.25, 0.3) is 0 Å². The fourth-order valence-electron chi connectivity index (χ4n) is 0.750. The van der Waals surface area contributed by atoms with Gasteiger partial charge in [-0.05, 0) is 31.4 Å². The van der Waals surface area contributed by atoms with Gasteiger partial charge in [0, 0.05) is 0 Å². The molecule has 0 fully saturated rings. The molecular weight excluding hydrogens is 162 g/mol. The van der Waals surface area contributed by atoms with Crippen molar-refractivity contribution in [2.45, 2.75) is 41.2 Å². The van der Waals surface area contributed by atoms with E-state index in [0.29, 0.717) is 6.54 Å². The first-order chi connectivity index (χ1) is 5.97. The summed E-state index contributed by atoms with van der Waals surface area (Å²) in [5.74, 6) is 2.67. The van der Waals surface area contributed by atoms with Crippen molar-refractivity contribution in [3.63, 3.8) is 0 Å². The van der Waals surface area contributed by atoms with E-state index in [1.165, 1.54) is 5.56 Å². The number of furan rings is 1. The van der Waals surface area contributed by atoms with Crippen LogP contribution in [-0.4, -0.2) is 0 Å². The van der Waals surface area contributed by atoms with E-state index < -0.39 is 0 Å². The summed E-state index contributed by atoms with van der Waals surface area (Å²) >= 11 is 0. The molecule has 0 aliphatic carbocycles. The molecule has 0 aliphatic heterocycles. The van der Waals surface area contributed by atoms with E-state index in [9.17, 15) is 0 Å². The molecule has 0 unspecified atom stereocenters. The minimum absolute atomic E-state index is 0.495. The molecule has 2 nitrogen and oxygen atoms in total. The molecule has 0 aromatic carbocycles. The Hall–Kier alpha value is -0.760. The zero-order valence-corrected chi connectivity index (χ0v) is 9.35. The molecule has 0 atom stereocenters. The third kappa shape index (κ3) is 5.47. The Balaban J connectivity index is 0.000000310. The summed E-state index contributed by atoms with van der Waals surface area (Å²) in [7, 11) is 0. The van der Waals surface area contributed by atoms with Crippen LogP contribution in [0.5, 0.6) is 0 Å². The second-order valence-electron chi connectivity index (χ2n) is 3.89. The van der Waals surface area contributed by atoms with Crippen LogP contribution in [0, 0.1) is 19.8 Å². The van der Waals surface area contributed by atoms with Crippen molar-refractivity contribution in [3.8, 4) is 0 Å². The lowest BCUT2D eigenvalue weighted by molar-refractivity contribution is 0.484. The molecule has 1 aromatic rings. The molecule has 0 radical (unpaired) electrons. The molecule has 0 bridgehead atoms. The zero-order chi connectivity index (χ0) is 10.4. The van der Waals surface area contributed by atoms with Gasteiger partial charge in [0.1, 0.15) is 11.5 Å². The summed E-state index contributed by atoms with van der Waals surface area (Å²) in [6, 6.07) is 1.97. The average molecular weight is 183 g/mol. The van der Waals surface area contributed by atoms with Crippen LogP contribution >= 0.6 is 0 Å². The van der Waals surface area contributed by atoms with Gasteiger partial charge in [-0.2, -0.15) is 0 Å². The zero-order valence-electron chi connectivity index (χ0n) is 9.35. The lowest BCUT2D eigenvalue weighted by Gasteiger charge is -1.84. The third-order valence-electron chi connectivity index (χ3n) is 1.42. The van der Waals surface area contributed by atoms with Crippen molar-refractivity contribution in [3.05, 3.63) is 23.2 Å². The van der Waals surface area contributed by atoms with E-state index in [2.05, 4.69) is 20.8 Å². The lowest BCUT2D eigenvalue weighted by Crippen LogP contribution is -1.92. The van der Waals surface area contributed by atoms with Crippen LogP contribution < -0.4 is 5.73 Å². The van der Waals surface area contributed by atoms with E-state index in [0.717, 1.165) is 17.4 Å². The molecule has 0 aliphatic rings. The van der Waals surface area contributed by atoms with E-state index in [1.807, 2.05) is 19.9 Å². The van der Waals surface area contributed by atoms with Crippen LogP contribution in [0.1, 0.15) is 37.9 Å². The Kier molecular flexibility index (Phi) is 5.47. The monoisotopic (exact) mass is 183 g/mol. The Bertz CT molecular complexity index is 216. The molecule has 2 N–H and O–H groups in total. The second-order valence-corrected chi connectivity index (χ2v) is 3.89. The maximum absolute atomic E-state index is 5.34. The summed E-state index contributed by atoms with van der Waals surface area (Å²) in [6.45, 7) is 10.9. The highest BCUT2D eigenvalue weighted by molar-refractivity contribution is 5.18. The molecular formula is C11H21NO. The minimum Gasteiger partial charge on any atom is -0.465 e. The largest absolute Gasteiger partial charge is 0.465 e. The van der Waals surface area contributed by atoms with Crippen molar-refractivity contribution < 1.29 is 4.42 Å². The summed E-state index contributed by atoms with van der Waals surface area (Å²) in [5, 5.41) is 0. The smallest absolute Gasteiger partial charge is 0.117 e. The van der Waals surface area contributed by atoms with Crippen molar-refractivity contribution in [1.82, 2.24) is 0 Å². The summed E-state index contributed by atoms with van der Waals surface area (Å²) in [6.07, 6.45) is 0. The van der Waals surface area contributed by atoms with Gasteiger partial charge in [-0.15, -0.1) is 0 Å². The number of hydrogen-bond acceptors (Lipinski definition) is 2. The molecule has 1 heterocycles. The molecule has 13 heavy (non-hydrogen) atoms. The summed E-state index contributed by atoms with van der Waals surface area (Å²) in [4.78, 5) is 0. The summed E-state index contributed by atoms with van der Waals surface area (Å²) in [5.41, 5.74) is 6.51. The predicted molar refractivity (Wildman–Crippen MR) is 56.6 cm³/mol. The number of aryl methyl sites for hydroxylation is 2. The van der Waals surface area contributed by atoms with E-state index >= 15 is 0 Å². The van der Waals surface area contributed by atoms with Gasteiger partial charge >= 0.3 is 0 Å². The Morgan fingerprint density at radius 1 is 1.31 bits per heavy atom. The van der Waals surface area contributed by atoms with E-state index in [4.69, 9.17) is 10.2 Å². The van der Waals surface area contributed by atoms with Crippen molar-refractivity contribution in [2.24, 2.45) is 11.7 Å². The number of nitrogens with two attached hydrogens (primary N) is 1. The molecule has 1 rings (SSSR count). The highest BCUT2D eigenvalue weighted by Gasteiger charge is 1.99. The third-order valence-corrected chi connectivity index (χ3v) is 1.42. The SMILES string of the molecule is CC(C)C.Cc1cc(CN)oc1C. The number of hydrogen-bond donors (Lipinski definition) is 1. The predicted octanol–water partition coefficient (Wildman–Crippen LogP) is 3.02. The lowest BCUT2D eigenvalue weighted by atomic mass is 10.3. The molecule has 0 saturated heterocycles. The van der Waals surface area contributed by atoms with Gasteiger partial charge in [-0.1, -0.05) is 20.8 Å². The first-order valence-electron chi connectivity index (χ1n) is 4.73. The molecule has 0 saturated carbocycles. The molecule has 0 amide bonds. The Morgan fingerprint density at radius 2 is 1.77 bits per heavy atom. The number of rotatable bonds is 1. The normalized spacial score (nSPS) is 9.77. The van der Waals surface area contributed by atoms with Gasteiger partial charge in [-0.25, -0.2) is 0 Å². The van der Waals surface area contributed by atoms with Gasteiger partial charge in [-0.3, -0.25) is 0 Å². The van der Waals surface area contributed by atoms with E-state index in [1.54, 1.807) is 0 Å². The average Bonchev–Trinajstić information content (AvgIpc) is 2.30. The Labute approximate surface area is 81.1 Å². The highest BCUT2D eigenvalue weighted by Crippen LogP contribution is 2.11. The van der Waals surface area contributed by atoms with Gasteiger partial charge in [0.05, 0.1) is 6.54 Å². The van der Waals surface area contributed by atoms with Crippen molar-refractivity contribution in [1.29, 1.82) is 0 Å². The quantitative estimate of drug-likeness (QED) is 0.727. The first kappa shape index (κ1) is 12.2. The highest BCUT2D eigenvalue weighted by atomic mass is 16.3. The molecule has 2 heteroatoms. The fourth-order valence-corrected chi connectivity index (χ4v) is 0.750. The van der Waals surface area contributed by atoms with Crippen molar-refractivity contribution >= 4 is 0 Å². The van der Waals surface area contributed by atoms with Crippen LogP contribution in [-0.2, 0) is 6.54 Å². The van der Waals surface area contributed by atoms with E-state index in [-0.39, 0.29) is 0 Å². The van der Waals surface area contributed by atoms with Crippen LogP contribution in [0.4, 0.5) is 0 Å². The van der Waals surface area contributed by atoms with Gasteiger partial charge in [0.25, 0.3) is 0 Å². The second kappa shape index (κ2) is 5.81. The molecule has 1 aromatic heterocycles. The molecule has 0 spiro atoms. The van der Waals surface area contributed by atoms with Crippen molar-refractivity contribution in [2.75, 3.05) is 0 Å². The topological polar surface area (TPSA) is 39.2 Å². The van der Waals surface area contributed by atoms with Gasteiger partial charge in [0.2, 0.25) is 0 Å². The van der Waals surface area contributed by atoms with Crippen LogP contribution in [0.15, 0.2) is 10.5 Å². The maximum atomic E-state index is 5.34. The first-order valence-corrected chi connectivity index (χ1v) is 4.73. The standard InChI is InChI=1S/C7H11NO.C4H10/c1-5-3-7(4-8)9-6(5)2;1-4(2)3/h3H,4,8H2,1-2H3;4H,1-3H3. The van der Waals surface area contributed by atoms with Gasteiger partial charge in [0.15, 0.2) is 0 Å². The fraction of sp³-hybridized carbons (Fsp3) is 0.636. The Morgan fingerprint density at radius 3 is 1.92 bits per heavy atom. The molecule has 76 valence electrons. The maximum Gasteiger partial charge on any atom is 0.117 e. The summed E-state index contributed by atoms with van der Waals surface area (Å²) < 4.78 is 5.24. The van der Waals surface area contributed by atoms with Gasteiger partial charge < -0.3 is 10.2 Å². The minimum atomic E-state index is 0.495. The van der Waals surface area contributed by atoms with Crippen LogP contribution in [0.2, 0.25) is 0 Å².